The van der Waals surface area contributed by atoms with Crippen molar-refractivity contribution in [2.75, 3.05) is 6.54 Å². The molecule has 0 aliphatic heterocycles. The van der Waals surface area contributed by atoms with E-state index < -0.39 is 0 Å². The minimum atomic E-state index is -0.00116. The number of carbonyl (C=O) groups is 1. The highest BCUT2D eigenvalue weighted by Crippen LogP contribution is 2.26. The van der Waals surface area contributed by atoms with Crippen LogP contribution in [0.1, 0.15) is 26.2 Å². The lowest BCUT2D eigenvalue weighted by Gasteiger charge is -2.12. The van der Waals surface area contributed by atoms with E-state index in [1.54, 1.807) is 6.08 Å². The Hall–Kier alpha value is -1.12. The fraction of sp³-hybridized carbons (Fsp3) is 0.600. The van der Waals surface area contributed by atoms with Gasteiger partial charge in [0.1, 0.15) is 0 Å². The second-order valence-corrected chi connectivity index (χ2v) is 3.32. The highest BCUT2D eigenvalue weighted by Gasteiger charge is 2.19. The maximum atomic E-state index is 11.1. The molecule has 1 aliphatic carbocycles. The number of hydrogen-bond donors (Lipinski definition) is 0. The highest BCUT2D eigenvalue weighted by molar-refractivity contribution is 5.74. The van der Waals surface area contributed by atoms with Gasteiger partial charge in [-0.1, -0.05) is 6.08 Å². The van der Waals surface area contributed by atoms with Crippen molar-refractivity contribution in [2.45, 2.75) is 26.2 Å². The molecule has 0 aromatic rings. The Kier molecular flexibility index (Phi) is 3.68. The summed E-state index contributed by atoms with van der Waals surface area (Å²) in [5.74, 6) is 0.615. The van der Waals surface area contributed by atoms with Gasteiger partial charge in [0.05, 0.1) is 0 Å². The number of amides is 1. The lowest BCUT2D eigenvalue weighted by atomic mass is 10.4. The summed E-state index contributed by atoms with van der Waals surface area (Å²) in [5, 5.41) is 5.63. The second kappa shape index (κ2) is 4.80. The Balaban J connectivity index is 2.35. The van der Waals surface area contributed by atoms with Crippen LogP contribution in [0.3, 0.4) is 0 Å². The summed E-state index contributed by atoms with van der Waals surface area (Å²) in [6, 6.07) is 0. The Morgan fingerprint density at radius 3 is 2.85 bits per heavy atom. The molecule has 0 spiro atoms. The third kappa shape index (κ3) is 3.87. The first kappa shape index (κ1) is 9.96. The van der Waals surface area contributed by atoms with Crippen LogP contribution in [-0.2, 0) is 4.79 Å². The lowest BCUT2D eigenvalue weighted by Crippen LogP contribution is -2.24. The molecular weight excluding hydrogens is 164 g/mol. The van der Waals surface area contributed by atoms with E-state index in [0.29, 0.717) is 12.5 Å². The van der Waals surface area contributed by atoms with Gasteiger partial charge in [-0.05, 0) is 25.2 Å². The van der Waals surface area contributed by atoms with Crippen molar-refractivity contribution >= 4 is 12.1 Å². The zero-order valence-corrected chi connectivity index (χ0v) is 8.07. The number of nitrogens with zero attached hydrogens (tertiary/aromatic N) is 2. The van der Waals surface area contributed by atoms with Crippen molar-refractivity contribution in [1.29, 1.82) is 0 Å². The van der Waals surface area contributed by atoms with Crippen LogP contribution in [-0.4, -0.2) is 23.7 Å². The molecule has 0 atom stereocenters. The van der Waals surface area contributed by atoms with Crippen LogP contribution in [0.4, 0.5) is 0 Å². The average molecular weight is 180 g/mol. The van der Waals surface area contributed by atoms with Crippen molar-refractivity contribution in [3.05, 3.63) is 12.7 Å². The lowest BCUT2D eigenvalue weighted by molar-refractivity contribution is -0.128. The summed E-state index contributed by atoms with van der Waals surface area (Å²) >= 11 is 0. The minimum Gasteiger partial charge on any atom is -0.273 e. The van der Waals surface area contributed by atoms with Crippen molar-refractivity contribution in [3.8, 4) is 0 Å². The molecule has 0 bridgehead atoms. The normalized spacial score (nSPS) is 16.1. The van der Waals surface area contributed by atoms with Gasteiger partial charge in [0.25, 0.3) is 0 Å². The van der Waals surface area contributed by atoms with Crippen molar-refractivity contribution < 1.29 is 4.79 Å². The summed E-state index contributed by atoms with van der Waals surface area (Å²) in [5.41, 5.74) is 0. The van der Waals surface area contributed by atoms with E-state index in [1.807, 2.05) is 6.21 Å². The Morgan fingerprint density at radius 2 is 2.38 bits per heavy atom. The van der Waals surface area contributed by atoms with Crippen LogP contribution in [0.5, 0.6) is 0 Å². The standard InChI is InChI=1S/C10H16N2O/c1-3-4-7-12(9(2)13)11-8-10-5-6-10/h3,8,10H,1,4-7H2,2H3. The largest absolute Gasteiger partial charge is 0.273 e. The van der Waals surface area contributed by atoms with Crippen LogP contribution in [0.15, 0.2) is 17.8 Å². The smallest absolute Gasteiger partial charge is 0.239 e. The zero-order chi connectivity index (χ0) is 9.68. The Morgan fingerprint density at radius 1 is 1.69 bits per heavy atom. The third-order valence-corrected chi connectivity index (χ3v) is 1.95. The van der Waals surface area contributed by atoms with Gasteiger partial charge in [0.15, 0.2) is 0 Å². The van der Waals surface area contributed by atoms with Gasteiger partial charge in [-0.15, -0.1) is 6.58 Å². The molecule has 1 rings (SSSR count). The molecule has 0 aromatic heterocycles. The molecule has 3 heteroatoms. The molecule has 1 aliphatic rings. The van der Waals surface area contributed by atoms with Gasteiger partial charge >= 0.3 is 0 Å². The SMILES string of the molecule is C=CCCN(N=CC1CC1)C(C)=O. The molecule has 0 N–H and O–H groups in total. The first-order chi connectivity index (χ1) is 6.24. The van der Waals surface area contributed by atoms with E-state index in [4.69, 9.17) is 0 Å². The van der Waals surface area contributed by atoms with Gasteiger partial charge < -0.3 is 0 Å². The molecule has 0 saturated heterocycles. The quantitative estimate of drug-likeness (QED) is 0.361. The van der Waals surface area contributed by atoms with Crippen LogP contribution < -0.4 is 0 Å². The highest BCUT2D eigenvalue weighted by atomic mass is 16.2. The van der Waals surface area contributed by atoms with E-state index >= 15 is 0 Å². The maximum absolute atomic E-state index is 11.1. The third-order valence-electron chi connectivity index (χ3n) is 1.95. The average Bonchev–Trinajstić information content (AvgIpc) is 2.87. The summed E-state index contributed by atoms with van der Waals surface area (Å²) in [7, 11) is 0. The second-order valence-electron chi connectivity index (χ2n) is 3.32. The monoisotopic (exact) mass is 180 g/mol. The maximum Gasteiger partial charge on any atom is 0.239 e. The zero-order valence-electron chi connectivity index (χ0n) is 8.07. The molecule has 0 unspecified atom stereocenters. The van der Waals surface area contributed by atoms with Crippen molar-refractivity contribution in [1.82, 2.24) is 5.01 Å². The van der Waals surface area contributed by atoms with Crippen LogP contribution in [0.25, 0.3) is 0 Å². The summed E-state index contributed by atoms with van der Waals surface area (Å²) in [6.45, 7) is 5.79. The molecule has 1 fully saturated rings. The molecule has 0 aromatic carbocycles. The Labute approximate surface area is 79.1 Å². The molecule has 3 nitrogen and oxygen atoms in total. The van der Waals surface area contributed by atoms with Crippen LogP contribution >= 0.6 is 0 Å². The predicted molar refractivity (Wildman–Crippen MR) is 53.4 cm³/mol. The van der Waals surface area contributed by atoms with E-state index in [9.17, 15) is 4.79 Å². The van der Waals surface area contributed by atoms with Crippen LogP contribution in [0.2, 0.25) is 0 Å². The van der Waals surface area contributed by atoms with Gasteiger partial charge in [-0.2, -0.15) is 5.10 Å². The van der Waals surface area contributed by atoms with Gasteiger partial charge in [0.2, 0.25) is 5.91 Å². The van der Waals surface area contributed by atoms with Gasteiger partial charge in [-0.3, -0.25) is 4.79 Å². The van der Waals surface area contributed by atoms with E-state index in [2.05, 4.69) is 11.7 Å². The topological polar surface area (TPSA) is 32.7 Å². The summed E-state index contributed by atoms with van der Waals surface area (Å²) in [4.78, 5) is 11.1. The number of hydrogen-bond acceptors (Lipinski definition) is 2. The molecule has 1 amide bonds. The van der Waals surface area contributed by atoms with Crippen molar-refractivity contribution in [3.63, 3.8) is 0 Å². The molecule has 13 heavy (non-hydrogen) atoms. The fourth-order valence-electron chi connectivity index (χ4n) is 0.930. The number of hydrazone groups is 1. The van der Waals surface area contributed by atoms with Crippen molar-refractivity contribution in [2.24, 2.45) is 11.0 Å². The van der Waals surface area contributed by atoms with E-state index in [0.717, 1.165) is 6.42 Å². The summed E-state index contributed by atoms with van der Waals surface area (Å²) in [6.07, 6.45) is 6.90. The molecule has 0 radical (unpaired) electrons. The Bertz CT molecular complexity index is 219. The van der Waals surface area contributed by atoms with Gasteiger partial charge in [0, 0.05) is 19.7 Å². The molecule has 72 valence electrons. The minimum absolute atomic E-state index is 0.00116. The first-order valence-electron chi connectivity index (χ1n) is 4.67. The fourth-order valence-corrected chi connectivity index (χ4v) is 0.930. The van der Waals surface area contributed by atoms with E-state index in [1.165, 1.54) is 24.8 Å². The van der Waals surface area contributed by atoms with E-state index in [-0.39, 0.29) is 5.91 Å². The predicted octanol–water partition coefficient (Wildman–Crippen LogP) is 1.81. The van der Waals surface area contributed by atoms with Gasteiger partial charge in [-0.25, -0.2) is 5.01 Å². The first-order valence-corrected chi connectivity index (χ1v) is 4.67. The number of carbonyl (C=O) groups excluding carboxylic acids is 1. The summed E-state index contributed by atoms with van der Waals surface area (Å²) < 4.78 is 0. The van der Waals surface area contributed by atoms with Crippen LogP contribution in [0, 0.1) is 5.92 Å². The molecule has 1 saturated carbocycles. The number of rotatable bonds is 5. The molecular formula is C10H16N2O. The molecule has 0 heterocycles.